The molecule has 1 unspecified atom stereocenters. The molecule has 0 spiro atoms. The Labute approximate surface area is 117 Å². The third-order valence-electron chi connectivity index (χ3n) is 3.40. The van der Waals surface area contributed by atoms with Crippen molar-refractivity contribution in [2.45, 2.75) is 30.8 Å². The maximum Gasteiger partial charge on any atom is 0.417 e. The summed E-state index contributed by atoms with van der Waals surface area (Å²) < 4.78 is 50.1. The van der Waals surface area contributed by atoms with Crippen molar-refractivity contribution in [1.29, 1.82) is 0 Å². The number of alkyl halides is 3. The first-order valence-electron chi connectivity index (χ1n) is 6.00. The maximum atomic E-state index is 12.9. The highest BCUT2D eigenvalue weighted by molar-refractivity contribution is 7.84. The van der Waals surface area contributed by atoms with Gasteiger partial charge in [0.25, 0.3) is 0 Å². The number of nitrogens with one attached hydrogen (secondary N) is 1. The molecule has 110 valence electrons. The van der Waals surface area contributed by atoms with Crippen molar-refractivity contribution in [3.63, 3.8) is 0 Å². The molecule has 0 bridgehead atoms. The highest BCUT2D eigenvalue weighted by Gasteiger charge is 2.45. The van der Waals surface area contributed by atoms with E-state index in [0.717, 1.165) is 25.0 Å². The fourth-order valence-corrected chi connectivity index (χ4v) is 2.52. The molecule has 3 nitrogen and oxygen atoms in total. The Morgan fingerprint density at radius 1 is 1.35 bits per heavy atom. The molecule has 0 aromatic heterocycles. The van der Waals surface area contributed by atoms with E-state index in [2.05, 4.69) is 5.32 Å². The molecule has 1 fully saturated rings. The molecule has 0 aliphatic heterocycles. The van der Waals surface area contributed by atoms with Gasteiger partial charge in [-0.3, -0.25) is 9.00 Å². The largest absolute Gasteiger partial charge is 0.417 e. The van der Waals surface area contributed by atoms with Crippen LogP contribution < -0.4 is 5.32 Å². The van der Waals surface area contributed by atoms with Crippen molar-refractivity contribution in [3.8, 4) is 0 Å². The normalized spacial score (nSPS) is 18.4. The van der Waals surface area contributed by atoms with E-state index >= 15 is 0 Å². The van der Waals surface area contributed by atoms with Crippen LogP contribution in [-0.4, -0.2) is 16.4 Å². The first-order chi connectivity index (χ1) is 9.13. The van der Waals surface area contributed by atoms with Crippen LogP contribution in [-0.2, 0) is 21.8 Å². The molecule has 1 saturated carbocycles. The summed E-state index contributed by atoms with van der Waals surface area (Å²) in [6.45, 7) is 1.77. The van der Waals surface area contributed by atoms with Crippen LogP contribution in [0.2, 0.25) is 0 Å². The van der Waals surface area contributed by atoms with Crippen molar-refractivity contribution in [2.75, 3.05) is 11.6 Å². The number of anilines is 1. The molecule has 0 heterocycles. The molecule has 0 saturated heterocycles. The Morgan fingerprint density at radius 2 is 1.95 bits per heavy atom. The summed E-state index contributed by atoms with van der Waals surface area (Å²) in [6.07, 6.45) is -1.94. The van der Waals surface area contributed by atoms with Crippen LogP contribution in [0.4, 0.5) is 18.9 Å². The first-order valence-corrected chi connectivity index (χ1v) is 7.55. The minimum absolute atomic E-state index is 0.0738. The Kier molecular flexibility index (Phi) is 3.66. The highest BCUT2D eigenvalue weighted by atomic mass is 32.2. The second-order valence-electron chi connectivity index (χ2n) is 5.18. The third kappa shape index (κ3) is 3.03. The minimum Gasteiger partial charge on any atom is -0.326 e. The second-order valence-corrected chi connectivity index (χ2v) is 6.53. The minimum atomic E-state index is -4.61. The van der Waals surface area contributed by atoms with Crippen LogP contribution in [0, 0.1) is 5.41 Å². The van der Waals surface area contributed by atoms with E-state index in [1.54, 1.807) is 6.92 Å². The van der Waals surface area contributed by atoms with Crippen molar-refractivity contribution in [3.05, 3.63) is 23.8 Å². The lowest BCUT2D eigenvalue weighted by Gasteiger charge is -2.15. The maximum absolute atomic E-state index is 12.9. The molecule has 1 amide bonds. The lowest BCUT2D eigenvalue weighted by atomic mass is 10.1. The monoisotopic (exact) mass is 305 g/mol. The third-order valence-corrected chi connectivity index (χ3v) is 4.38. The lowest BCUT2D eigenvalue weighted by molar-refractivity contribution is -0.139. The topological polar surface area (TPSA) is 46.2 Å². The van der Waals surface area contributed by atoms with Crippen LogP contribution in [0.15, 0.2) is 23.1 Å². The average Bonchev–Trinajstić information content (AvgIpc) is 3.07. The molecule has 7 heteroatoms. The second kappa shape index (κ2) is 4.87. The molecule has 1 aromatic carbocycles. The number of hydrogen-bond donors (Lipinski definition) is 1. The van der Waals surface area contributed by atoms with Gasteiger partial charge in [0.05, 0.1) is 21.3 Å². The molecular weight excluding hydrogens is 291 g/mol. The van der Waals surface area contributed by atoms with Crippen LogP contribution in [0.5, 0.6) is 0 Å². The molecular formula is C13H14F3NO2S. The number of benzene rings is 1. The van der Waals surface area contributed by atoms with Crippen molar-refractivity contribution in [2.24, 2.45) is 5.41 Å². The van der Waals surface area contributed by atoms with Gasteiger partial charge in [-0.25, -0.2) is 0 Å². The van der Waals surface area contributed by atoms with E-state index in [0.29, 0.717) is 0 Å². The van der Waals surface area contributed by atoms with Crippen LogP contribution in [0.1, 0.15) is 25.3 Å². The van der Waals surface area contributed by atoms with Crippen molar-refractivity contribution >= 4 is 22.4 Å². The zero-order valence-corrected chi connectivity index (χ0v) is 11.8. The zero-order valence-electron chi connectivity index (χ0n) is 11.0. The number of halogens is 3. The van der Waals surface area contributed by atoms with Gasteiger partial charge in [0.1, 0.15) is 0 Å². The molecule has 1 atom stereocenters. The summed E-state index contributed by atoms with van der Waals surface area (Å²) in [5.41, 5.74) is -1.37. The predicted molar refractivity (Wildman–Crippen MR) is 69.7 cm³/mol. The number of amides is 1. The molecule has 1 aliphatic carbocycles. The lowest BCUT2D eigenvalue weighted by Crippen LogP contribution is -2.22. The fraction of sp³-hybridized carbons (Fsp3) is 0.462. The molecule has 2 rings (SSSR count). The Balaban J connectivity index is 2.32. The molecule has 1 N–H and O–H groups in total. The average molecular weight is 305 g/mol. The van der Waals surface area contributed by atoms with Gasteiger partial charge in [-0.15, -0.1) is 0 Å². The molecule has 1 aromatic rings. The zero-order chi connectivity index (χ0) is 15.1. The smallest absolute Gasteiger partial charge is 0.326 e. The van der Waals surface area contributed by atoms with Crippen LogP contribution >= 0.6 is 0 Å². The standard InChI is InChI=1S/C13H14F3NO2S/c1-12(5-6-12)11(18)17-8-3-4-10(20(2)19)9(7-8)13(14,15)16/h3-4,7H,5-6H2,1-2H3,(H,17,18). The van der Waals surface area contributed by atoms with Gasteiger partial charge in [-0.2, -0.15) is 13.2 Å². The molecule has 1 aliphatic rings. The summed E-state index contributed by atoms with van der Waals surface area (Å²) in [6, 6.07) is 3.32. The summed E-state index contributed by atoms with van der Waals surface area (Å²) >= 11 is 0. The number of carbonyl (C=O) groups is 1. The van der Waals surface area contributed by atoms with E-state index in [9.17, 15) is 22.2 Å². The summed E-state index contributed by atoms with van der Waals surface area (Å²) in [7, 11) is -1.75. The van der Waals surface area contributed by atoms with E-state index < -0.39 is 28.0 Å². The van der Waals surface area contributed by atoms with Gasteiger partial charge in [0.2, 0.25) is 5.91 Å². The SMILES string of the molecule is CS(=O)c1ccc(NC(=O)C2(C)CC2)cc1C(F)(F)F. The predicted octanol–water partition coefficient (Wildman–Crippen LogP) is 3.18. The van der Waals surface area contributed by atoms with Crippen molar-refractivity contribution in [1.82, 2.24) is 0 Å². The number of rotatable bonds is 3. The quantitative estimate of drug-likeness (QED) is 0.932. The van der Waals surface area contributed by atoms with Gasteiger partial charge in [0.15, 0.2) is 0 Å². The van der Waals surface area contributed by atoms with Gasteiger partial charge in [0, 0.05) is 17.4 Å². The Morgan fingerprint density at radius 3 is 2.40 bits per heavy atom. The number of carbonyl (C=O) groups excluding carboxylic acids is 1. The van der Waals surface area contributed by atoms with Crippen molar-refractivity contribution < 1.29 is 22.2 Å². The fourth-order valence-electron chi connectivity index (χ4n) is 1.78. The van der Waals surface area contributed by atoms with Crippen LogP contribution in [0.25, 0.3) is 0 Å². The number of hydrogen-bond acceptors (Lipinski definition) is 2. The van der Waals surface area contributed by atoms with E-state index in [1.807, 2.05) is 0 Å². The summed E-state index contributed by atoms with van der Waals surface area (Å²) in [5, 5.41) is 2.49. The Bertz CT molecular complexity index is 579. The van der Waals surface area contributed by atoms with E-state index in [4.69, 9.17) is 0 Å². The summed E-state index contributed by atoms with van der Waals surface area (Å²) in [4.78, 5) is 11.5. The van der Waals surface area contributed by atoms with Gasteiger partial charge in [-0.1, -0.05) is 6.92 Å². The highest BCUT2D eigenvalue weighted by Crippen LogP contribution is 2.46. The van der Waals surface area contributed by atoms with Gasteiger partial charge < -0.3 is 5.32 Å². The van der Waals surface area contributed by atoms with E-state index in [1.165, 1.54) is 12.3 Å². The van der Waals surface area contributed by atoms with E-state index in [-0.39, 0.29) is 16.5 Å². The molecule has 0 radical (unpaired) electrons. The molecule has 20 heavy (non-hydrogen) atoms. The van der Waals surface area contributed by atoms with Gasteiger partial charge in [-0.05, 0) is 31.0 Å². The summed E-state index contributed by atoms with van der Waals surface area (Å²) in [5.74, 6) is -0.281. The Hall–Kier alpha value is -1.37. The first kappa shape index (κ1) is 15.0. The van der Waals surface area contributed by atoms with Crippen LogP contribution in [0.3, 0.4) is 0 Å². The van der Waals surface area contributed by atoms with Gasteiger partial charge >= 0.3 is 6.18 Å².